The number of aryl methyl sites for hydroxylation is 3. The third-order valence-corrected chi connectivity index (χ3v) is 4.59. The molecule has 0 aliphatic rings. The van der Waals surface area contributed by atoms with E-state index in [1.807, 2.05) is 35.6 Å². The van der Waals surface area contributed by atoms with Crippen molar-refractivity contribution in [2.24, 2.45) is 0 Å². The zero-order valence-corrected chi connectivity index (χ0v) is 14.9. The van der Waals surface area contributed by atoms with Crippen molar-refractivity contribution in [1.82, 2.24) is 14.4 Å². The van der Waals surface area contributed by atoms with Crippen molar-refractivity contribution in [3.05, 3.63) is 77.5 Å². The molecule has 0 spiro atoms. The number of pyridine rings is 2. The molecule has 0 atom stereocenters. The van der Waals surface area contributed by atoms with E-state index in [0.717, 1.165) is 34.0 Å². The van der Waals surface area contributed by atoms with Gasteiger partial charge in [0.2, 0.25) is 0 Å². The molecule has 1 N–H and O–H groups in total. The van der Waals surface area contributed by atoms with Crippen LogP contribution in [-0.4, -0.2) is 14.4 Å². The summed E-state index contributed by atoms with van der Waals surface area (Å²) in [7, 11) is 0. The molecule has 4 nitrogen and oxygen atoms in total. The molecule has 0 saturated carbocycles. The van der Waals surface area contributed by atoms with Gasteiger partial charge >= 0.3 is 0 Å². The number of benzene rings is 1. The van der Waals surface area contributed by atoms with Crippen LogP contribution >= 0.6 is 0 Å². The molecular formula is C21H19FN4. The second kappa shape index (κ2) is 6.26. The second-order valence-corrected chi connectivity index (χ2v) is 6.42. The summed E-state index contributed by atoms with van der Waals surface area (Å²) in [5.74, 6) is 0.360. The van der Waals surface area contributed by atoms with Crippen LogP contribution in [0.15, 0.2) is 54.9 Å². The van der Waals surface area contributed by atoms with Gasteiger partial charge in [0.25, 0.3) is 0 Å². The normalized spacial score (nSPS) is 11.1. The van der Waals surface area contributed by atoms with E-state index < -0.39 is 5.82 Å². The lowest BCUT2D eigenvalue weighted by Crippen LogP contribution is -2.02. The van der Waals surface area contributed by atoms with Gasteiger partial charge in [-0.15, -0.1) is 0 Å². The fourth-order valence-corrected chi connectivity index (χ4v) is 3.25. The van der Waals surface area contributed by atoms with Gasteiger partial charge in [0.15, 0.2) is 5.82 Å². The first-order valence-corrected chi connectivity index (χ1v) is 8.47. The van der Waals surface area contributed by atoms with Crippen molar-refractivity contribution in [2.45, 2.75) is 20.8 Å². The van der Waals surface area contributed by atoms with Gasteiger partial charge in [0, 0.05) is 23.1 Å². The Balaban J connectivity index is 2.00. The summed E-state index contributed by atoms with van der Waals surface area (Å²) in [5.41, 5.74) is 6.03. The third kappa shape index (κ3) is 2.62. The summed E-state index contributed by atoms with van der Waals surface area (Å²) in [4.78, 5) is 8.55. The van der Waals surface area contributed by atoms with E-state index in [1.54, 1.807) is 12.3 Å². The molecule has 0 aliphatic heterocycles. The summed E-state index contributed by atoms with van der Waals surface area (Å²) >= 11 is 0. The largest absolute Gasteiger partial charge is 0.339 e. The number of nitrogens with one attached hydrogen (secondary N) is 1. The molecule has 1 aromatic carbocycles. The highest BCUT2D eigenvalue weighted by Gasteiger charge is 2.19. The van der Waals surface area contributed by atoms with E-state index in [1.165, 1.54) is 6.20 Å². The van der Waals surface area contributed by atoms with Gasteiger partial charge in [-0.25, -0.2) is 9.37 Å². The van der Waals surface area contributed by atoms with Crippen molar-refractivity contribution in [2.75, 3.05) is 5.32 Å². The molecule has 4 aromatic rings. The Bertz CT molecular complexity index is 1090. The van der Waals surface area contributed by atoms with Gasteiger partial charge in [0.05, 0.1) is 6.20 Å². The maximum absolute atomic E-state index is 14.4. The average molecular weight is 346 g/mol. The maximum Gasteiger partial charge on any atom is 0.151 e. The highest BCUT2D eigenvalue weighted by molar-refractivity contribution is 5.81. The number of imidazole rings is 1. The molecule has 26 heavy (non-hydrogen) atoms. The molecule has 0 unspecified atom stereocenters. The zero-order valence-electron chi connectivity index (χ0n) is 14.9. The highest BCUT2D eigenvalue weighted by Crippen LogP contribution is 2.34. The van der Waals surface area contributed by atoms with Crippen LogP contribution in [0.1, 0.15) is 16.8 Å². The van der Waals surface area contributed by atoms with Crippen molar-refractivity contribution < 1.29 is 4.39 Å². The number of halogens is 1. The fraction of sp³-hybridized carbons (Fsp3) is 0.143. The molecule has 3 heterocycles. The molecule has 130 valence electrons. The number of aromatic nitrogens is 3. The summed E-state index contributed by atoms with van der Waals surface area (Å²) in [5, 5.41) is 3.51. The Kier molecular flexibility index (Phi) is 3.92. The average Bonchev–Trinajstić information content (AvgIpc) is 2.98. The summed E-state index contributed by atoms with van der Waals surface area (Å²) < 4.78 is 16.5. The van der Waals surface area contributed by atoms with Crippen LogP contribution in [0.25, 0.3) is 16.9 Å². The quantitative estimate of drug-likeness (QED) is 0.554. The van der Waals surface area contributed by atoms with Gasteiger partial charge in [-0.2, -0.15) is 0 Å². The van der Waals surface area contributed by atoms with Crippen molar-refractivity contribution in [1.29, 1.82) is 0 Å². The van der Waals surface area contributed by atoms with Crippen LogP contribution in [0, 0.1) is 26.6 Å². The van der Waals surface area contributed by atoms with E-state index in [9.17, 15) is 4.39 Å². The monoisotopic (exact) mass is 346 g/mol. The number of anilines is 2. The minimum Gasteiger partial charge on any atom is -0.339 e. The van der Waals surface area contributed by atoms with Gasteiger partial charge < -0.3 is 5.32 Å². The predicted molar refractivity (Wildman–Crippen MR) is 102 cm³/mol. The van der Waals surface area contributed by atoms with Crippen molar-refractivity contribution in [3.63, 3.8) is 0 Å². The number of hydrogen-bond acceptors (Lipinski definition) is 3. The van der Waals surface area contributed by atoms with Crippen LogP contribution in [0.4, 0.5) is 15.9 Å². The Hall–Kier alpha value is -3.21. The van der Waals surface area contributed by atoms with Crippen LogP contribution in [0.3, 0.4) is 0 Å². The SMILES string of the molecule is Cc1cccc(C)c1Nc1c(-c2ccncc2F)nc2cccc(C)n12. The van der Waals surface area contributed by atoms with Gasteiger partial charge in [-0.3, -0.25) is 9.38 Å². The number of fused-ring (bicyclic) bond motifs is 1. The molecule has 0 radical (unpaired) electrons. The Morgan fingerprint density at radius 1 is 0.962 bits per heavy atom. The third-order valence-electron chi connectivity index (χ3n) is 4.59. The van der Waals surface area contributed by atoms with Gasteiger partial charge in [0.1, 0.15) is 17.2 Å². The smallest absolute Gasteiger partial charge is 0.151 e. The lowest BCUT2D eigenvalue weighted by molar-refractivity contribution is 0.624. The molecule has 0 bridgehead atoms. The minimum absolute atomic E-state index is 0.391. The summed E-state index contributed by atoms with van der Waals surface area (Å²) in [6.45, 7) is 6.12. The maximum atomic E-state index is 14.4. The van der Waals surface area contributed by atoms with Gasteiger partial charge in [-0.1, -0.05) is 24.3 Å². The van der Waals surface area contributed by atoms with Crippen molar-refractivity contribution >= 4 is 17.2 Å². The van der Waals surface area contributed by atoms with Gasteiger partial charge in [-0.05, 0) is 50.1 Å². The van der Waals surface area contributed by atoms with E-state index in [2.05, 4.69) is 36.3 Å². The summed E-state index contributed by atoms with van der Waals surface area (Å²) in [6.07, 6.45) is 2.80. The van der Waals surface area contributed by atoms with Crippen LogP contribution in [-0.2, 0) is 0 Å². The lowest BCUT2D eigenvalue weighted by atomic mass is 10.1. The van der Waals surface area contributed by atoms with E-state index >= 15 is 0 Å². The number of rotatable bonds is 3. The molecule has 0 saturated heterocycles. The first-order chi connectivity index (χ1) is 12.6. The molecule has 4 rings (SSSR count). The Morgan fingerprint density at radius 3 is 2.42 bits per heavy atom. The standard InChI is InChI=1S/C21H19FN4/c1-13-6-4-7-14(2)19(13)25-21-20(16-10-11-23-12-17(16)22)24-18-9-5-8-15(3)26(18)21/h4-12,25H,1-3H3. The van der Waals surface area contributed by atoms with Crippen molar-refractivity contribution in [3.8, 4) is 11.3 Å². The molecule has 3 aromatic heterocycles. The van der Waals surface area contributed by atoms with E-state index in [0.29, 0.717) is 11.3 Å². The molecule has 0 amide bonds. The van der Waals surface area contributed by atoms with Crippen LogP contribution < -0.4 is 5.32 Å². The lowest BCUT2D eigenvalue weighted by Gasteiger charge is -2.15. The van der Waals surface area contributed by atoms with E-state index in [4.69, 9.17) is 4.98 Å². The topological polar surface area (TPSA) is 42.2 Å². The molecular weight excluding hydrogens is 327 g/mol. The highest BCUT2D eigenvalue weighted by atomic mass is 19.1. The van der Waals surface area contributed by atoms with E-state index in [-0.39, 0.29) is 0 Å². The van der Waals surface area contributed by atoms with Crippen LogP contribution in [0.2, 0.25) is 0 Å². The van der Waals surface area contributed by atoms with Crippen LogP contribution in [0.5, 0.6) is 0 Å². The number of para-hydroxylation sites is 1. The molecule has 5 heteroatoms. The minimum atomic E-state index is -0.391. The predicted octanol–water partition coefficient (Wildman–Crippen LogP) is 5.20. The molecule has 0 fully saturated rings. The first kappa shape index (κ1) is 16.3. The first-order valence-electron chi connectivity index (χ1n) is 8.47. The second-order valence-electron chi connectivity index (χ2n) is 6.42. The Morgan fingerprint density at radius 2 is 1.69 bits per heavy atom. The zero-order chi connectivity index (χ0) is 18.3. The summed E-state index contributed by atoms with van der Waals surface area (Å²) in [6, 6.07) is 13.7. The Labute approximate surface area is 151 Å². The molecule has 0 aliphatic carbocycles. The fourth-order valence-electron chi connectivity index (χ4n) is 3.25. The number of hydrogen-bond donors (Lipinski definition) is 1. The number of nitrogens with zero attached hydrogens (tertiary/aromatic N) is 3.